The molecule has 3 aromatic rings. The van der Waals surface area contributed by atoms with Crippen LogP contribution in [0.3, 0.4) is 0 Å². The summed E-state index contributed by atoms with van der Waals surface area (Å²) in [6.45, 7) is 0. The van der Waals surface area contributed by atoms with Crippen LogP contribution in [0.1, 0.15) is 11.7 Å². The Morgan fingerprint density at radius 2 is 2.00 bits per heavy atom. The summed E-state index contributed by atoms with van der Waals surface area (Å²) >= 11 is 5.91. The Morgan fingerprint density at radius 1 is 1.05 bits per heavy atom. The number of nitrogens with zero attached hydrogens (tertiary/aromatic N) is 2. The number of aromatic nitrogens is 2. The monoisotopic (exact) mass is 272 g/mol. The maximum absolute atomic E-state index is 5.91. The minimum atomic E-state index is 0.409. The summed E-state index contributed by atoms with van der Waals surface area (Å²) in [5, 5.41) is 8.53. The van der Waals surface area contributed by atoms with Crippen LogP contribution in [-0.4, -0.2) is 10.2 Å². The second-order valence-electron chi connectivity index (χ2n) is 3.80. The Hall–Kier alpha value is -2.33. The molecule has 5 heteroatoms. The van der Waals surface area contributed by atoms with E-state index in [0.29, 0.717) is 16.8 Å². The molecule has 0 bridgehead atoms. The fraction of sp³-hybridized carbons (Fsp3) is 0. The molecule has 3 rings (SSSR count). The van der Waals surface area contributed by atoms with Gasteiger partial charge in [0.05, 0.1) is 6.26 Å². The highest BCUT2D eigenvalue weighted by atomic mass is 35.5. The molecule has 4 nitrogen and oxygen atoms in total. The van der Waals surface area contributed by atoms with Crippen LogP contribution in [0.2, 0.25) is 5.02 Å². The van der Waals surface area contributed by atoms with Crippen molar-refractivity contribution in [1.29, 1.82) is 0 Å². The fourth-order valence-electron chi connectivity index (χ4n) is 1.58. The first-order valence-corrected chi connectivity index (χ1v) is 6.00. The third kappa shape index (κ3) is 2.74. The van der Waals surface area contributed by atoms with Gasteiger partial charge in [0.25, 0.3) is 0 Å². The molecule has 19 heavy (non-hydrogen) atoms. The summed E-state index contributed by atoms with van der Waals surface area (Å²) in [6, 6.07) is 10.9. The minimum Gasteiger partial charge on any atom is -0.465 e. The number of hydrogen-bond acceptors (Lipinski definition) is 4. The average Bonchev–Trinajstić information content (AvgIpc) is 3.08. The molecule has 0 amide bonds. The van der Waals surface area contributed by atoms with E-state index in [1.807, 2.05) is 24.3 Å². The Morgan fingerprint density at radius 3 is 2.79 bits per heavy atom. The summed E-state index contributed by atoms with van der Waals surface area (Å²) in [5.41, 5.74) is 0.789. The smallest absolute Gasteiger partial charge is 0.248 e. The first-order chi connectivity index (χ1) is 9.31. The first kappa shape index (κ1) is 11.7. The van der Waals surface area contributed by atoms with Crippen molar-refractivity contribution in [1.82, 2.24) is 10.2 Å². The molecule has 0 aliphatic heterocycles. The van der Waals surface area contributed by atoms with E-state index >= 15 is 0 Å². The molecular weight excluding hydrogens is 264 g/mol. The lowest BCUT2D eigenvalue weighted by Gasteiger charge is -1.93. The Bertz CT molecular complexity index is 702. The van der Waals surface area contributed by atoms with Gasteiger partial charge in [0, 0.05) is 16.7 Å². The Labute approximate surface area is 114 Å². The molecule has 0 radical (unpaired) electrons. The van der Waals surface area contributed by atoms with E-state index < -0.39 is 0 Å². The van der Waals surface area contributed by atoms with E-state index in [0.717, 1.165) is 11.3 Å². The third-order valence-electron chi connectivity index (χ3n) is 2.45. The summed E-state index contributed by atoms with van der Waals surface area (Å²) in [5.74, 6) is 1.57. The molecule has 94 valence electrons. The minimum absolute atomic E-state index is 0.409. The second kappa shape index (κ2) is 5.12. The summed E-state index contributed by atoms with van der Waals surface area (Å²) in [4.78, 5) is 0. The predicted octanol–water partition coefficient (Wildman–Crippen LogP) is 4.15. The molecule has 0 unspecified atom stereocenters. The van der Waals surface area contributed by atoms with Gasteiger partial charge >= 0.3 is 0 Å². The zero-order valence-electron chi connectivity index (χ0n) is 9.79. The van der Waals surface area contributed by atoms with Crippen molar-refractivity contribution < 1.29 is 8.83 Å². The van der Waals surface area contributed by atoms with Crippen LogP contribution in [-0.2, 0) is 0 Å². The van der Waals surface area contributed by atoms with Crippen molar-refractivity contribution in [2.45, 2.75) is 0 Å². The largest absolute Gasteiger partial charge is 0.465 e. The highest BCUT2D eigenvalue weighted by Gasteiger charge is 2.06. The molecule has 0 fully saturated rings. The van der Waals surface area contributed by atoms with Crippen LogP contribution < -0.4 is 0 Å². The van der Waals surface area contributed by atoms with Crippen LogP contribution in [0.25, 0.3) is 23.6 Å². The number of halogens is 1. The van der Waals surface area contributed by atoms with Crippen molar-refractivity contribution in [3.8, 4) is 11.5 Å². The van der Waals surface area contributed by atoms with Gasteiger partial charge in [0.2, 0.25) is 11.8 Å². The molecule has 0 N–H and O–H groups in total. The molecular formula is C14H9ClN2O2. The van der Waals surface area contributed by atoms with Gasteiger partial charge < -0.3 is 8.83 Å². The number of hydrogen-bond donors (Lipinski definition) is 0. The summed E-state index contributed by atoms with van der Waals surface area (Å²) in [7, 11) is 0. The summed E-state index contributed by atoms with van der Waals surface area (Å²) < 4.78 is 10.7. The molecule has 0 saturated carbocycles. The first-order valence-electron chi connectivity index (χ1n) is 5.62. The van der Waals surface area contributed by atoms with E-state index in [9.17, 15) is 0 Å². The lowest BCUT2D eigenvalue weighted by atomic mass is 10.2. The van der Waals surface area contributed by atoms with Gasteiger partial charge in [-0.05, 0) is 36.4 Å². The van der Waals surface area contributed by atoms with Crippen LogP contribution in [0.5, 0.6) is 0 Å². The van der Waals surface area contributed by atoms with E-state index in [1.165, 1.54) is 0 Å². The maximum atomic E-state index is 5.91. The van der Waals surface area contributed by atoms with Crippen molar-refractivity contribution >= 4 is 23.8 Å². The van der Waals surface area contributed by atoms with Gasteiger partial charge in [0.15, 0.2) is 0 Å². The lowest BCUT2D eigenvalue weighted by Crippen LogP contribution is -1.76. The van der Waals surface area contributed by atoms with Crippen molar-refractivity contribution in [3.05, 3.63) is 59.3 Å². The van der Waals surface area contributed by atoms with E-state index in [2.05, 4.69) is 10.2 Å². The lowest BCUT2D eigenvalue weighted by molar-refractivity contribution is 0.552. The van der Waals surface area contributed by atoms with Gasteiger partial charge in [-0.2, -0.15) is 0 Å². The van der Waals surface area contributed by atoms with Gasteiger partial charge in [-0.25, -0.2) is 0 Å². The van der Waals surface area contributed by atoms with Crippen LogP contribution in [0.4, 0.5) is 0 Å². The normalized spacial score (nSPS) is 11.2. The summed E-state index contributed by atoms with van der Waals surface area (Å²) in [6.07, 6.45) is 5.06. The van der Waals surface area contributed by atoms with Crippen molar-refractivity contribution in [2.24, 2.45) is 0 Å². The van der Waals surface area contributed by atoms with E-state index in [1.54, 1.807) is 30.5 Å². The molecule has 0 aliphatic carbocycles. The van der Waals surface area contributed by atoms with Gasteiger partial charge in [0.1, 0.15) is 5.76 Å². The third-order valence-corrected chi connectivity index (χ3v) is 2.68. The second-order valence-corrected chi connectivity index (χ2v) is 4.24. The van der Waals surface area contributed by atoms with Gasteiger partial charge in [-0.1, -0.05) is 17.7 Å². The van der Waals surface area contributed by atoms with E-state index in [-0.39, 0.29) is 0 Å². The van der Waals surface area contributed by atoms with E-state index in [4.69, 9.17) is 20.4 Å². The van der Waals surface area contributed by atoms with Crippen LogP contribution in [0.15, 0.2) is 51.5 Å². The molecule has 1 aromatic carbocycles. The Balaban J connectivity index is 1.83. The number of rotatable bonds is 3. The maximum Gasteiger partial charge on any atom is 0.248 e. The zero-order valence-corrected chi connectivity index (χ0v) is 10.5. The SMILES string of the molecule is Clc1cccc(-c2nnc(/C=C/c3ccco3)o2)c1. The predicted molar refractivity (Wildman–Crippen MR) is 72.4 cm³/mol. The highest BCUT2D eigenvalue weighted by molar-refractivity contribution is 6.30. The highest BCUT2D eigenvalue weighted by Crippen LogP contribution is 2.21. The Kier molecular flexibility index (Phi) is 3.16. The van der Waals surface area contributed by atoms with Crippen molar-refractivity contribution in [2.75, 3.05) is 0 Å². The fourth-order valence-corrected chi connectivity index (χ4v) is 1.77. The zero-order chi connectivity index (χ0) is 13.1. The van der Waals surface area contributed by atoms with Crippen LogP contribution in [0, 0.1) is 0 Å². The van der Waals surface area contributed by atoms with Crippen molar-refractivity contribution in [3.63, 3.8) is 0 Å². The van der Waals surface area contributed by atoms with Gasteiger partial charge in [-0.3, -0.25) is 0 Å². The van der Waals surface area contributed by atoms with Gasteiger partial charge in [-0.15, -0.1) is 10.2 Å². The average molecular weight is 273 g/mol. The molecule has 0 saturated heterocycles. The molecule has 0 spiro atoms. The molecule has 0 aliphatic rings. The standard InChI is InChI=1S/C14H9ClN2O2/c15-11-4-1-3-10(9-11)14-17-16-13(19-14)7-6-12-5-2-8-18-12/h1-9H/b7-6+. The molecule has 2 aromatic heterocycles. The number of furan rings is 1. The van der Waals surface area contributed by atoms with Crippen LogP contribution >= 0.6 is 11.6 Å². The molecule has 0 atom stereocenters. The number of benzene rings is 1. The molecule has 2 heterocycles. The topological polar surface area (TPSA) is 52.1 Å². The quantitative estimate of drug-likeness (QED) is 0.718.